The lowest BCUT2D eigenvalue weighted by Crippen LogP contribution is -2.28. The van der Waals surface area contributed by atoms with Gasteiger partial charge < -0.3 is 10.1 Å². The van der Waals surface area contributed by atoms with E-state index in [9.17, 15) is 4.79 Å². The number of hydrogen-bond acceptors (Lipinski definition) is 4. The van der Waals surface area contributed by atoms with Crippen LogP contribution in [0.2, 0.25) is 5.02 Å². The Morgan fingerprint density at radius 2 is 1.84 bits per heavy atom. The quantitative estimate of drug-likeness (QED) is 0.835. The van der Waals surface area contributed by atoms with Crippen molar-refractivity contribution < 1.29 is 9.53 Å². The largest absolute Gasteiger partial charge is 0.466 e. The van der Waals surface area contributed by atoms with Crippen molar-refractivity contribution in [1.82, 2.24) is 10.3 Å². The van der Waals surface area contributed by atoms with Crippen LogP contribution in [0, 0.1) is 0 Å². The normalized spacial score (nSPS) is 17.4. The van der Waals surface area contributed by atoms with E-state index < -0.39 is 0 Å². The SMILES string of the molecule is COC(=O)C1=C(C)NC(C)=C(c2ccccn2)C1c1ccccc1Cl. The van der Waals surface area contributed by atoms with Gasteiger partial charge in [0.2, 0.25) is 0 Å². The number of dihydropyridines is 1. The van der Waals surface area contributed by atoms with Gasteiger partial charge in [-0.05, 0) is 37.6 Å². The van der Waals surface area contributed by atoms with Crippen molar-refractivity contribution in [3.63, 3.8) is 0 Å². The fraction of sp³-hybridized carbons (Fsp3) is 0.200. The van der Waals surface area contributed by atoms with Crippen molar-refractivity contribution in [2.24, 2.45) is 0 Å². The van der Waals surface area contributed by atoms with Crippen molar-refractivity contribution in [1.29, 1.82) is 0 Å². The molecule has 1 unspecified atom stereocenters. The maximum atomic E-state index is 12.5. The molecule has 0 spiro atoms. The lowest BCUT2D eigenvalue weighted by atomic mass is 9.79. The van der Waals surface area contributed by atoms with E-state index in [1.54, 1.807) is 6.20 Å². The van der Waals surface area contributed by atoms with Crippen molar-refractivity contribution >= 4 is 23.1 Å². The molecular formula is C20H19ClN2O2. The summed E-state index contributed by atoms with van der Waals surface area (Å²) in [6.07, 6.45) is 1.74. The molecule has 0 saturated carbocycles. The molecule has 0 fully saturated rings. The summed E-state index contributed by atoms with van der Waals surface area (Å²) < 4.78 is 5.05. The van der Waals surface area contributed by atoms with Crippen molar-refractivity contribution in [3.8, 4) is 0 Å². The van der Waals surface area contributed by atoms with Gasteiger partial charge in [0.25, 0.3) is 0 Å². The second-order valence-corrected chi connectivity index (χ2v) is 6.27. The second-order valence-electron chi connectivity index (χ2n) is 5.86. The Hall–Kier alpha value is -2.59. The van der Waals surface area contributed by atoms with Crippen LogP contribution >= 0.6 is 11.6 Å². The molecule has 1 aliphatic rings. The first-order chi connectivity index (χ1) is 12.0. The van der Waals surface area contributed by atoms with Crippen LogP contribution in [-0.2, 0) is 9.53 Å². The summed E-state index contributed by atoms with van der Waals surface area (Å²) in [5, 5.41) is 3.89. The molecule has 0 radical (unpaired) electrons. The maximum absolute atomic E-state index is 12.5. The third-order valence-electron chi connectivity index (χ3n) is 4.32. The van der Waals surface area contributed by atoms with Crippen molar-refractivity contribution in [2.45, 2.75) is 19.8 Å². The van der Waals surface area contributed by atoms with Crippen LogP contribution in [0.25, 0.3) is 5.57 Å². The highest BCUT2D eigenvalue weighted by Gasteiger charge is 2.35. The van der Waals surface area contributed by atoms with Crippen molar-refractivity contribution in [2.75, 3.05) is 7.11 Å². The predicted octanol–water partition coefficient (Wildman–Crippen LogP) is 4.30. The summed E-state index contributed by atoms with van der Waals surface area (Å²) >= 11 is 6.48. The lowest BCUT2D eigenvalue weighted by Gasteiger charge is -2.31. The minimum atomic E-state index is -0.379. The first-order valence-corrected chi connectivity index (χ1v) is 8.35. The van der Waals surface area contributed by atoms with Gasteiger partial charge >= 0.3 is 5.97 Å². The zero-order valence-corrected chi connectivity index (χ0v) is 15.1. The number of carbonyl (C=O) groups excluding carboxylic acids is 1. The summed E-state index contributed by atoms with van der Waals surface area (Å²) in [4.78, 5) is 17.0. The Bertz CT molecular complexity index is 872. The lowest BCUT2D eigenvalue weighted by molar-refractivity contribution is -0.136. The number of allylic oxidation sites excluding steroid dienone is 3. The molecule has 4 nitrogen and oxygen atoms in total. The molecule has 5 heteroatoms. The fourth-order valence-electron chi connectivity index (χ4n) is 3.26. The molecule has 1 aliphatic heterocycles. The smallest absolute Gasteiger partial charge is 0.336 e. The standard InChI is InChI=1S/C20H19ClN2O2/c1-12-17(16-10-6-7-11-22-16)19(14-8-4-5-9-15(14)21)18(13(2)23-12)20(24)25-3/h4-11,19,23H,1-3H3. The Balaban J connectivity index is 2.27. The molecule has 2 heterocycles. The number of benzene rings is 1. The third kappa shape index (κ3) is 3.17. The van der Waals surface area contributed by atoms with Gasteiger partial charge in [-0.15, -0.1) is 0 Å². The van der Waals surface area contributed by atoms with Crippen LogP contribution in [0.5, 0.6) is 0 Å². The number of nitrogens with one attached hydrogen (secondary N) is 1. The van der Waals surface area contributed by atoms with Crippen LogP contribution in [0.3, 0.4) is 0 Å². The van der Waals surface area contributed by atoms with E-state index in [1.807, 2.05) is 56.3 Å². The molecule has 0 bridgehead atoms. The average molecular weight is 355 g/mol. The first-order valence-electron chi connectivity index (χ1n) is 7.97. The van der Waals surface area contributed by atoms with Crippen LogP contribution in [-0.4, -0.2) is 18.1 Å². The van der Waals surface area contributed by atoms with Gasteiger partial charge in [0, 0.05) is 34.1 Å². The number of carbonyl (C=O) groups is 1. The van der Waals surface area contributed by atoms with E-state index in [0.717, 1.165) is 28.2 Å². The molecule has 128 valence electrons. The number of methoxy groups -OCH3 is 1. The van der Waals surface area contributed by atoms with Crippen LogP contribution in [0.4, 0.5) is 0 Å². The highest BCUT2D eigenvalue weighted by molar-refractivity contribution is 6.31. The first kappa shape index (κ1) is 17.2. The van der Waals surface area contributed by atoms with E-state index in [4.69, 9.17) is 16.3 Å². The number of pyridine rings is 1. The summed E-state index contributed by atoms with van der Waals surface area (Å²) in [7, 11) is 1.39. The zero-order chi connectivity index (χ0) is 18.0. The Kier molecular flexibility index (Phi) is 4.91. The van der Waals surface area contributed by atoms with E-state index in [0.29, 0.717) is 10.6 Å². The van der Waals surface area contributed by atoms with Crippen LogP contribution < -0.4 is 5.32 Å². The van der Waals surface area contributed by atoms with E-state index >= 15 is 0 Å². The molecule has 0 amide bonds. The minimum Gasteiger partial charge on any atom is -0.466 e. The monoisotopic (exact) mass is 354 g/mol. The zero-order valence-electron chi connectivity index (χ0n) is 14.3. The Morgan fingerprint density at radius 1 is 1.12 bits per heavy atom. The maximum Gasteiger partial charge on any atom is 0.336 e. The third-order valence-corrected chi connectivity index (χ3v) is 4.67. The molecule has 25 heavy (non-hydrogen) atoms. The number of hydrogen-bond donors (Lipinski definition) is 1. The fourth-order valence-corrected chi connectivity index (χ4v) is 3.50. The van der Waals surface area contributed by atoms with Gasteiger partial charge in [-0.25, -0.2) is 4.79 Å². The van der Waals surface area contributed by atoms with Crippen LogP contribution in [0.1, 0.15) is 31.0 Å². The summed E-state index contributed by atoms with van der Waals surface area (Å²) in [6.45, 7) is 3.85. The minimum absolute atomic E-state index is 0.350. The summed E-state index contributed by atoms with van der Waals surface area (Å²) in [5.74, 6) is -0.729. The van der Waals surface area contributed by atoms with Gasteiger partial charge in [-0.1, -0.05) is 35.9 Å². The van der Waals surface area contributed by atoms with Crippen molar-refractivity contribution in [3.05, 3.63) is 81.9 Å². The molecule has 1 N–H and O–H groups in total. The summed E-state index contributed by atoms with van der Waals surface area (Å²) in [6, 6.07) is 13.3. The topological polar surface area (TPSA) is 51.2 Å². The highest BCUT2D eigenvalue weighted by atomic mass is 35.5. The molecule has 3 rings (SSSR count). The molecule has 0 saturated heterocycles. The summed E-state index contributed by atoms with van der Waals surface area (Å²) in [5.41, 5.74) is 4.81. The molecule has 2 aromatic rings. The predicted molar refractivity (Wildman–Crippen MR) is 98.9 cm³/mol. The second kappa shape index (κ2) is 7.11. The molecule has 1 aromatic heterocycles. The number of ether oxygens (including phenoxy) is 1. The van der Waals surface area contributed by atoms with Crippen LogP contribution in [0.15, 0.2) is 65.6 Å². The number of aromatic nitrogens is 1. The Labute approximate surface area is 152 Å². The average Bonchev–Trinajstić information content (AvgIpc) is 2.62. The molecule has 0 aliphatic carbocycles. The number of nitrogens with zero attached hydrogens (tertiary/aromatic N) is 1. The van der Waals surface area contributed by atoms with E-state index in [1.165, 1.54) is 7.11 Å². The molecule has 1 aromatic carbocycles. The van der Waals surface area contributed by atoms with Gasteiger partial charge in [0.1, 0.15) is 0 Å². The van der Waals surface area contributed by atoms with Gasteiger partial charge in [0.15, 0.2) is 0 Å². The Morgan fingerprint density at radius 3 is 2.48 bits per heavy atom. The van der Waals surface area contributed by atoms with Gasteiger partial charge in [-0.3, -0.25) is 4.98 Å². The number of esters is 1. The number of rotatable bonds is 3. The van der Waals surface area contributed by atoms with Gasteiger partial charge in [0.05, 0.1) is 18.4 Å². The highest BCUT2D eigenvalue weighted by Crippen LogP contribution is 2.44. The molecule has 1 atom stereocenters. The number of halogens is 1. The van der Waals surface area contributed by atoms with E-state index in [-0.39, 0.29) is 11.9 Å². The molecular weight excluding hydrogens is 336 g/mol. The van der Waals surface area contributed by atoms with Gasteiger partial charge in [-0.2, -0.15) is 0 Å². The van der Waals surface area contributed by atoms with E-state index in [2.05, 4.69) is 10.3 Å².